The van der Waals surface area contributed by atoms with Crippen LogP contribution in [0, 0.1) is 39.5 Å². The maximum atomic E-state index is 11.2. The molecule has 0 radical (unpaired) electrons. The lowest BCUT2D eigenvalue weighted by molar-refractivity contribution is -0.393. The van der Waals surface area contributed by atoms with Crippen molar-refractivity contribution in [1.82, 2.24) is 4.57 Å². The number of fused-ring (bicyclic) bond motifs is 1. The third kappa shape index (κ3) is 3.39. The molecule has 3 rings (SSSR count). The van der Waals surface area contributed by atoms with Gasteiger partial charge in [0.15, 0.2) is 0 Å². The Morgan fingerprint density at radius 2 is 1.96 bits per heavy atom. The molecule has 0 aliphatic rings. The molecular weight excluding hydrogens is 362 g/mol. The van der Waals surface area contributed by atoms with Crippen LogP contribution in [0.2, 0.25) is 0 Å². The molecule has 1 N–H and O–H groups in total. The van der Waals surface area contributed by atoms with E-state index < -0.39 is 15.5 Å². The van der Waals surface area contributed by atoms with E-state index in [1.54, 1.807) is 6.21 Å². The van der Waals surface area contributed by atoms with Crippen LogP contribution in [-0.2, 0) is 6.54 Å². The average Bonchev–Trinajstić information content (AvgIpc) is 2.94. The second-order valence-corrected chi connectivity index (χ2v) is 5.89. The molecule has 9 heteroatoms. The number of nitro benzene ring substituents is 2. The minimum Gasteiger partial charge on any atom is -0.333 e. The zero-order valence-corrected chi connectivity index (χ0v) is 14.8. The minimum atomic E-state index is -0.700. The second-order valence-electron chi connectivity index (χ2n) is 5.89. The third-order valence-electron chi connectivity index (χ3n) is 4.30. The van der Waals surface area contributed by atoms with Gasteiger partial charge in [0.05, 0.1) is 28.7 Å². The molecule has 3 aromatic rings. The maximum absolute atomic E-state index is 11.2. The topological polar surface area (TPSA) is 116 Å². The van der Waals surface area contributed by atoms with Gasteiger partial charge in [-0.2, -0.15) is 5.10 Å². The van der Waals surface area contributed by atoms with Gasteiger partial charge in [-0.1, -0.05) is 24.1 Å². The summed E-state index contributed by atoms with van der Waals surface area (Å²) in [7, 11) is 0. The van der Waals surface area contributed by atoms with Crippen LogP contribution in [0.5, 0.6) is 0 Å². The molecule has 0 saturated heterocycles. The highest BCUT2D eigenvalue weighted by Gasteiger charge is 2.19. The number of nitrogens with zero attached hydrogens (tertiary/aromatic N) is 4. The molecule has 0 bridgehead atoms. The van der Waals surface area contributed by atoms with E-state index >= 15 is 0 Å². The number of terminal acetylenes is 1. The van der Waals surface area contributed by atoms with E-state index in [0.717, 1.165) is 28.2 Å². The highest BCUT2D eigenvalue weighted by molar-refractivity contribution is 6.01. The fraction of sp³-hybridized carbons (Fsp3) is 0.105. The summed E-state index contributed by atoms with van der Waals surface area (Å²) < 4.78 is 1.98. The molecule has 0 saturated carbocycles. The van der Waals surface area contributed by atoms with Crippen molar-refractivity contribution in [2.75, 3.05) is 5.43 Å². The Kier molecular flexibility index (Phi) is 5.04. The van der Waals surface area contributed by atoms with Crippen molar-refractivity contribution in [2.24, 2.45) is 5.10 Å². The van der Waals surface area contributed by atoms with Crippen LogP contribution in [0.3, 0.4) is 0 Å². The van der Waals surface area contributed by atoms with Gasteiger partial charge in [-0.25, -0.2) is 0 Å². The van der Waals surface area contributed by atoms with Crippen LogP contribution in [0.4, 0.5) is 17.1 Å². The first-order valence-electron chi connectivity index (χ1n) is 8.17. The Balaban J connectivity index is 1.96. The number of hydrazone groups is 1. The number of aromatic nitrogens is 1. The summed E-state index contributed by atoms with van der Waals surface area (Å²) in [6, 6.07) is 11.0. The number of benzene rings is 2. The Morgan fingerprint density at radius 3 is 2.64 bits per heavy atom. The van der Waals surface area contributed by atoms with Crippen LogP contribution in [0.15, 0.2) is 47.6 Å². The van der Waals surface area contributed by atoms with Gasteiger partial charge in [-0.05, 0) is 19.1 Å². The molecule has 0 fully saturated rings. The zero-order chi connectivity index (χ0) is 20.3. The fourth-order valence-corrected chi connectivity index (χ4v) is 2.96. The van der Waals surface area contributed by atoms with Crippen molar-refractivity contribution < 1.29 is 9.85 Å². The number of hydrogen-bond donors (Lipinski definition) is 1. The number of rotatable bonds is 6. The molecule has 28 heavy (non-hydrogen) atoms. The number of para-hydroxylation sites is 1. The molecule has 2 aromatic carbocycles. The van der Waals surface area contributed by atoms with Crippen molar-refractivity contribution >= 4 is 34.2 Å². The zero-order valence-electron chi connectivity index (χ0n) is 14.8. The van der Waals surface area contributed by atoms with E-state index in [2.05, 4.69) is 16.4 Å². The monoisotopic (exact) mass is 377 g/mol. The Labute approximate surface area is 159 Å². The highest BCUT2D eigenvalue weighted by atomic mass is 16.6. The van der Waals surface area contributed by atoms with Crippen molar-refractivity contribution in [2.45, 2.75) is 13.5 Å². The molecule has 0 aliphatic heterocycles. The molecule has 1 heterocycles. The number of nitrogens with one attached hydrogen (secondary N) is 1. The summed E-state index contributed by atoms with van der Waals surface area (Å²) >= 11 is 0. The summed E-state index contributed by atoms with van der Waals surface area (Å²) in [5.74, 6) is 2.62. The lowest BCUT2D eigenvalue weighted by Gasteiger charge is -2.03. The van der Waals surface area contributed by atoms with E-state index in [1.807, 2.05) is 35.8 Å². The van der Waals surface area contributed by atoms with Gasteiger partial charge < -0.3 is 4.57 Å². The van der Waals surface area contributed by atoms with Crippen molar-refractivity contribution in [3.8, 4) is 12.3 Å². The molecule has 9 nitrogen and oxygen atoms in total. The van der Waals surface area contributed by atoms with Crippen molar-refractivity contribution in [3.05, 3.63) is 74.0 Å². The standard InChI is InChI=1S/C19H15N5O4/c1-3-10-22-13(2)16(15-6-4-5-7-18(15)22)12-20-21-17-9-8-14(23(25)26)11-19(17)24(27)28/h1,4-9,11-12,21H,10H2,2H3/b20-12-. The molecule has 0 amide bonds. The first-order chi connectivity index (χ1) is 13.4. The Morgan fingerprint density at radius 1 is 1.21 bits per heavy atom. The van der Waals surface area contributed by atoms with Gasteiger partial charge in [-0.15, -0.1) is 6.42 Å². The highest BCUT2D eigenvalue weighted by Crippen LogP contribution is 2.29. The number of anilines is 1. The molecular formula is C19H15N5O4. The van der Waals surface area contributed by atoms with Crippen molar-refractivity contribution in [1.29, 1.82) is 0 Å². The van der Waals surface area contributed by atoms with E-state index in [1.165, 1.54) is 12.1 Å². The minimum absolute atomic E-state index is 0.0527. The van der Waals surface area contributed by atoms with Crippen LogP contribution >= 0.6 is 0 Å². The molecule has 0 unspecified atom stereocenters. The molecule has 0 spiro atoms. The van der Waals surface area contributed by atoms with E-state index in [9.17, 15) is 20.2 Å². The van der Waals surface area contributed by atoms with E-state index in [-0.39, 0.29) is 11.4 Å². The first-order valence-corrected chi connectivity index (χ1v) is 8.17. The predicted octanol–water partition coefficient (Wildman–Crippen LogP) is 3.85. The average molecular weight is 377 g/mol. The van der Waals surface area contributed by atoms with Gasteiger partial charge in [0.25, 0.3) is 5.69 Å². The van der Waals surface area contributed by atoms with Crippen LogP contribution < -0.4 is 5.43 Å². The second kappa shape index (κ2) is 7.59. The molecule has 0 atom stereocenters. The Hall–Kier alpha value is -4.19. The van der Waals surface area contributed by atoms with Crippen LogP contribution in [0.25, 0.3) is 10.9 Å². The van der Waals surface area contributed by atoms with Gasteiger partial charge in [0, 0.05) is 28.2 Å². The number of nitro groups is 2. The van der Waals surface area contributed by atoms with Crippen molar-refractivity contribution in [3.63, 3.8) is 0 Å². The van der Waals surface area contributed by atoms with Crippen LogP contribution in [0.1, 0.15) is 11.3 Å². The molecule has 1 aromatic heterocycles. The summed E-state index contributed by atoms with van der Waals surface area (Å²) in [6.07, 6.45) is 7.01. The smallest absolute Gasteiger partial charge is 0.301 e. The SMILES string of the molecule is C#CCn1c(C)c(/C=N\Nc2ccc([N+](=O)[O-])cc2[N+](=O)[O-])c2ccccc21. The Bertz CT molecular complexity index is 1160. The summed E-state index contributed by atoms with van der Waals surface area (Å²) in [4.78, 5) is 20.6. The first kappa shape index (κ1) is 18.6. The molecule has 0 aliphatic carbocycles. The number of non-ortho nitro benzene ring substituents is 1. The fourth-order valence-electron chi connectivity index (χ4n) is 2.96. The van der Waals surface area contributed by atoms with Gasteiger partial charge in [0.2, 0.25) is 0 Å². The summed E-state index contributed by atoms with van der Waals surface area (Å²) in [5.41, 5.74) is 4.54. The lowest BCUT2D eigenvalue weighted by atomic mass is 10.1. The van der Waals surface area contributed by atoms with Gasteiger partial charge in [-0.3, -0.25) is 25.7 Å². The summed E-state index contributed by atoms with van der Waals surface area (Å²) in [5, 5.41) is 27.1. The lowest BCUT2D eigenvalue weighted by Crippen LogP contribution is -2.00. The quantitative estimate of drug-likeness (QED) is 0.303. The van der Waals surface area contributed by atoms with E-state index in [0.29, 0.717) is 6.54 Å². The molecule has 140 valence electrons. The number of hydrogen-bond acceptors (Lipinski definition) is 6. The summed E-state index contributed by atoms with van der Waals surface area (Å²) in [6.45, 7) is 2.31. The predicted molar refractivity (Wildman–Crippen MR) is 106 cm³/mol. The van der Waals surface area contributed by atoms with Crippen LogP contribution in [-0.4, -0.2) is 20.6 Å². The van der Waals surface area contributed by atoms with E-state index in [4.69, 9.17) is 6.42 Å². The van der Waals surface area contributed by atoms with Gasteiger partial charge >= 0.3 is 5.69 Å². The normalized spacial score (nSPS) is 10.9. The van der Waals surface area contributed by atoms with Gasteiger partial charge in [0.1, 0.15) is 5.69 Å². The third-order valence-corrected chi connectivity index (χ3v) is 4.30. The maximum Gasteiger partial charge on any atom is 0.301 e. The largest absolute Gasteiger partial charge is 0.333 e.